The molecule has 0 saturated carbocycles. The van der Waals surface area contributed by atoms with Crippen molar-refractivity contribution in [1.82, 2.24) is 14.1 Å². The normalized spacial score (nSPS) is 12.1. The van der Waals surface area contributed by atoms with Gasteiger partial charge in [0, 0.05) is 24.7 Å². The number of hydrogen-bond acceptors (Lipinski definition) is 5. The molecule has 0 aliphatic rings. The molecule has 0 bridgehead atoms. The summed E-state index contributed by atoms with van der Waals surface area (Å²) in [4.78, 5) is 4.93. The minimum atomic E-state index is -3.52. The molecular weight excluding hydrogens is 260 g/mol. The van der Waals surface area contributed by atoms with Crippen LogP contribution in [0.1, 0.15) is 13.8 Å². The first-order chi connectivity index (χ1) is 8.10. The van der Waals surface area contributed by atoms with Crippen molar-refractivity contribution in [2.24, 2.45) is 0 Å². The number of fused-ring (bicyclic) bond motifs is 1. The van der Waals surface area contributed by atoms with Crippen LogP contribution in [-0.4, -0.2) is 30.9 Å². The second kappa shape index (κ2) is 4.63. The Bertz CT molecular complexity index is 614. The molecule has 0 aliphatic heterocycles. The molecule has 0 aliphatic carbocycles. The average molecular weight is 274 g/mol. The van der Waals surface area contributed by atoms with E-state index < -0.39 is 10.0 Å². The maximum Gasteiger partial charge on any atom is 0.260 e. The van der Waals surface area contributed by atoms with Crippen molar-refractivity contribution in [1.29, 1.82) is 0 Å². The fourth-order valence-corrected chi connectivity index (χ4v) is 3.63. The van der Waals surface area contributed by atoms with E-state index in [4.69, 9.17) is 0 Å². The molecule has 0 radical (unpaired) electrons. The summed E-state index contributed by atoms with van der Waals surface area (Å²) in [7, 11) is -3.52. The summed E-state index contributed by atoms with van der Waals surface area (Å²) in [6.07, 6.45) is 1.71. The van der Waals surface area contributed by atoms with Crippen LogP contribution in [0.5, 0.6) is 0 Å². The standard InChI is InChI=1S/C9H14N4O2S2/c1-3-10-7-8(17(14,15)11-4-2)13-5-6-16-9(13)12-7/h5-6,10-11H,3-4H2,1-2H3. The molecule has 2 N–H and O–H groups in total. The third kappa shape index (κ3) is 2.15. The van der Waals surface area contributed by atoms with E-state index >= 15 is 0 Å². The highest BCUT2D eigenvalue weighted by molar-refractivity contribution is 7.89. The zero-order chi connectivity index (χ0) is 12.5. The van der Waals surface area contributed by atoms with Gasteiger partial charge in [-0.05, 0) is 6.92 Å². The lowest BCUT2D eigenvalue weighted by molar-refractivity contribution is 0.579. The summed E-state index contributed by atoms with van der Waals surface area (Å²) in [5.74, 6) is 0.403. The molecule has 0 unspecified atom stereocenters. The summed E-state index contributed by atoms with van der Waals surface area (Å²) in [5, 5.41) is 4.96. The first-order valence-electron chi connectivity index (χ1n) is 5.29. The first-order valence-corrected chi connectivity index (χ1v) is 7.65. The van der Waals surface area contributed by atoms with Crippen LogP contribution in [0.4, 0.5) is 5.82 Å². The number of aromatic nitrogens is 2. The topological polar surface area (TPSA) is 75.5 Å². The van der Waals surface area contributed by atoms with Crippen LogP contribution in [-0.2, 0) is 10.0 Å². The summed E-state index contributed by atoms with van der Waals surface area (Å²) >= 11 is 1.40. The fraction of sp³-hybridized carbons (Fsp3) is 0.444. The van der Waals surface area contributed by atoms with Gasteiger partial charge in [0.25, 0.3) is 10.0 Å². The number of nitrogens with zero attached hydrogens (tertiary/aromatic N) is 2. The summed E-state index contributed by atoms with van der Waals surface area (Å²) < 4.78 is 28.3. The molecule has 0 spiro atoms. The largest absolute Gasteiger partial charge is 0.368 e. The second-order valence-electron chi connectivity index (χ2n) is 3.35. The monoisotopic (exact) mass is 274 g/mol. The van der Waals surface area contributed by atoms with Crippen LogP contribution >= 0.6 is 11.3 Å². The quantitative estimate of drug-likeness (QED) is 0.857. The van der Waals surface area contributed by atoms with Gasteiger partial charge in [0.1, 0.15) is 0 Å². The minimum absolute atomic E-state index is 0.178. The average Bonchev–Trinajstić information content (AvgIpc) is 2.76. The Morgan fingerprint density at radius 1 is 1.41 bits per heavy atom. The lowest BCUT2D eigenvalue weighted by Gasteiger charge is -2.06. The first kappa shape index (κ1) is 12.3. The van der Waals surface area contributed by atoms with Gasteiger partial charge < -0.3 is 5.32 Å². The fourth-order valence-electron chi connectivity index (χ4n) is 1.56. The molecule has 0 saturated heterocycles. The molecule has 6 nitrogen and oxygen atoms in total. The van der Waals surface area contributed by atoms with E-state index in [1.165, 1.54) is 11.3 Å². The Balaban J connectivity index is 2.63. The SMILES string of the molecule is CCNc1nc2sccn2c1S(=O)(=O)NCC. The van der Waals surface area contributed by atoms with E-state index in [0.717, 1.165) is 0 Å². The van der Waals surface area contributed by atoms with E-state index in [1.54, 1.807) is 17.5 Å². The highest BCUT2D eigenvalue weighted by Crippen LogP contribution is 2.25. The van der Waals surface area contributed by atoms with Gasteiger partial charge in [0.15, 0.2) is 15.8 Å². The number of anilines is 1. The van der Waals surface area contributed by atoms with Gasteiger partial charge >= 0.3 is 0 Å². The van der Waals surface area contributed by atoms with Crippen molar-refractivity contribution in [2.75, 3.05) is 18.4 Å². The predicted molar refractivity (Wildman–Crippen MR) is 68.1 cm³/mol. The summed E-state index contributed by atoms with van der Waals surface area (Å²) in [5.41, 5.74) is 0. The van der Waals surface area contributed by atoms with Gasteiger partial charge in [-0.1, -0.05) is 6.92 Å². The smallest absolute Gasteiger partial charge is 0.260 e. The van der Waals surface area contributed by atoms with Crippen molar-refractivity contribution >= 4 is 32.1 Å². The number of rotatable bonds is 5. The van der Waals surface area contributed by atoms with Crippen molar-refractivity contribution in [2.45, 2.75) is 18.9 Å². The van der Waals surface area contributed by atoms with Crippen molar-refractivity contribution in [3.8, 4) is 0 Å². The summed E-state index contributed by atoms with van der Waals surface area (Å²) in [6, 6.07) is 0. The van der Waals surface area contributed by atoms with Crippen molar-refractivity contribution < 1.29 is 8.42 Å². The molecule has 0 fully saturated rings. The number of nitrogens with one attached hydrogen (secondary N) is 2. The Morgan fingerprint density at radius 3 is 2.82 bits per heavy atom. The maximum atomic E-state index is 12.1. The molecule has 2 aromatic rings. The number of thiazole rings is 1. The van der Waals surface area contributed by atoms with E-state index in [2.05, 4.69) is 15.0 Å². The van der Waals surface area contributed by atoms with E-state index in [-0.39, 0.29) is 5.03 Å². The molecular formula is C9H14N4O2S2. The minimum Gasteiger partial charge on any atom is -0.368 e. The lowest BCUT2D eigenvalue weighted by Crippen LogP contribution is -2.25. The molecule has 8 heteroatoms. The summed E-state index contributed by atoms with van der Waals surface area (Å²) in [6.45, 7) is 4.62. The highest BCUT2D eigenvalue weighted by atomic mass is 32.2. The number of hydrogen-bond donors (Lipinski definition) is 2. The molecule has 2 heterocycles. The van der Waals surface area contributed by atoms with E-state index in [1.807, 2.05) is 12.3 Å². The molecule has 0 aromatic carbocycles. The third-order valence-electron chi connectivity index (χ3n) is 2.15. The van der Waals surface area contributed by atoms with Gasteiger partial charge in [-0.15, -0.1) is 11.3 Å². The molecule has 0 amide bonds. The van der Waals surface area contributed by atoms with Gasteiger partial charge in [-0.3, -0.25) is 4.40 Å². The van der Waals surface area contributed by atoms with Crippen LogP contribution in [0.25, 0.3) is 4.96 Å². The Kier molecular flexibility index (Phi) is 3.36. The number of imidazole rings is 1. The Morgan fingerprint density at radius 2 is 2.18 bits per heavy atom. The molecule has 2 aromatic heterocycles. The van der Waals surface area contributed by atoms with Gasteiger partial charge in [0.05, 0.1) is 0 Å². The van der Waals surface area contributed by atoms with Crippen LogP contribution in [0, 0.1) is 0 Å². The zero-order valence-electron chi connectivity index (χ0n) is 9.60. The number of sulfonamides is 1. The van der Waals surface area contributed by atoms with Crippen LogP contribution in [0.2, 0.25) is 0 Å². The predicted octanol–water partition coefficient (Wildman–Crippen LogP) is 1.13. The van der Waals surface area contributed by atoms with Crippen LogP contribution in [0.15, 0.2) is 16.6 Å². The van der Waals surface area contributed by atoms with Crippen molar-refractivity contribution in [3.05, 3.63) is 11.6 Å². The van der Waals surface area contributed by atoms with Crippen molar-refractivity contribution in [3.63, 3.8) is 0 Å². The maximum absolute atomic E-state index is 12.1. The third-order valence-corrected chi connectivity index (χ3v) is 4.48. The van der Waals surface area contributed by atoms with Gasteiger partial charge in [0.2, 0.25) is 0 Å². The van der Waals surface area contributed by atoms with E-state index in [9.17, 15) is 8.42 Å². The molecule has 94 valence electrons. The van der Waals surface area contributed by atoms with Crippen LogP contribution < -0.4 is 10.0 Å². The second-order valence-corrected chi connectivity index (χ2v) is 5.91. The zero-order valence-corrected chi connectivity index (χ0v) is 11.2. The van der Waals surface area contributed by atoms with Crippen LogP contribution in [0.3, 0.4) is 0 Å². The molecule has 0 atom stereocenters. The van der Waals surface area contributed by atoms with Gasteiger partial charge in [-0.2, -0.15) is 0 Å². The Hall–Kier alpha value is -1.12. The van der Waals surface area contributed by atoms with Gasteiger partial charge in [-0.25, -0.2) is 18.1 Å². The van der Waals surface area contributed by atoms with E-state index in [0.29, 0.717) is 23.9 Å². The highest BCUT2D eigenvalue weighted by Gasteiger charge is 2.24. The molecule has 2 rings (SSSR count). The Labute approximate surface area is 104 Å². The lowest BCUT2D eigenvalue weighted by atomic mass is 10.6. The molecule has 17 heavy (non-hydrogen) atoms.